The number of hydrogen-bond acceptors (Lipinski definition) is 4. The topological polar surface area (TPSA) is 60.5 Å². The maximum absolute atomic E-state index is 12.1. The number of benzene rings is 1. The van der Waals surface area contributed by atoms with Crippen LogP contribution in [0.1, 0.15) is 10.4 Å². The molecular formula is C13H9ClN2O3. The van der Waals surface area contributed by atoms with Crippen molar-refractivity contribution >= 4 is 23.2 Å². The second-order valence-electron chi connectivity index (χ2n) is 3.89. The highest BCUT2D eigenvalue weighted by Gasteiger charge is 2.16. The number of carbonyl (C=O) groups excluding carboxylic acids is 1. The Kier molecular flexibility index (Phi) is 2.97. The summed E-state index contributed by atoms with van der Waals surface area (Å²) in [5, 5.41) is 3.05. The van der Waals surface area contributed by atoms with Gasteiger partial charge in [-0.3, -0.25) is 4.79 Å². The molecular weight excluding hydrogens is 268 g/mol. The third kappa shape index (κ3) is 2.46. The Balaban J connectivity index is 1.81. The van der Waals surface area contributed by atoms with E-state index in [2.05, 4.69) is 10.3 Å². The molecule has 3 rings (SSSR count). The molecule has 0 unspecified atom stereocenters. The van der Waals surface area contributed by atoms with Gasteiger partial charge in [0.1, 0.15) is 5.15 Å². The molecule has 0 radical (unpaired) electrons. The minimum Gasteiger partial charge on any atom is -0.454 e. The number of fused-ring (bicyclic) bond motifs is 1. The standard InChI is InChI=1S/C13H9ClN2O3/c14-12-6-9(3-4-15-12)16-13(17)8-1-2-10-11(5-8)19-7-18-10/h1-6H,7H2,(H,15,16,17). The lowest BCUT2D eigenvalue weighted by Gasteiger charge is -2.06. The van der Waals surface area contributed by atoms with Gasteiger partial charge in [0, 0.05) is 17.4 Å². The first-order chi connectivity index (χ1) is 9.22. The number of aromatic nitrogens is 1. The molecule has 5 nitrogen and oxygen atoms in total. The summed E-state index contributed by atoms with van der Waals surface area (Å²) in [7, 11) is 0. The van der Waals surface area contributed by atoms with Crippen LogP contribution >= 0.6 is 11.6 Å². The summed E-state index contributed by atoms with van der Waals surface area (Å²) in [5.41, 5.74) is 1.07. The number of pyridine rings is 1. The lowest BCUT2D eigenvalue weighted by atomic mass is 10.2. The van der Waals surface area contributed by atoms with Gasteiger partial charge in [0.05, 0.1) is 0 Å². The van der Waals surface area contributed by atoms with E-state index in [9.17, 15) is 4.79 Å². The van der Waals surface area contributed by atoms with E-state index in [1.54, 1.807) is 30.3 Å². The molecule has 1 aromatic carbocycles. The molecule has 1 aliphatic heterocycles. The van der Waals surface area contributed by atoms with E-state index in [-0.39, 0.29) is 12.7 Å². The fraction of sp³-hybridized carbons (Fsp3) is 0.0769. The molecule has 1 N–H and O–H groups in total. The second-order valence-corrected chi connectivity index (χ2v) is 4.28. The summed E-state index contributed by atoms with van der Waals surface area (Å²) in [6, 6.07) is 8.26. The van der Waals surface area contributed by atoms with Gasteiger partial charge in [0.25, 0.3) is 5.91 Å². The summed E-state index contributed by atoms with van der Waals surface area (Å²) >= 11 is 5.75. The Bertz CT molecular complexity index is 646. The van der Waals surface area contributed by atoms with Crippen LogP contribution in [0.5, 0.6) is 11.5 Å². The van der Waals surface area contributed by atoms with Gasteiger partial charge in [-0.15, -0.1) is 0 Å². The summed E-state index contributed by atoms with van der Waals surface area (Å²) in [6.45, 7) is 0.181. The first kappa shape index (κ1) is 11.8. The van der Waals surface area contributed by atoms with E-state index >= 15 is 0 Å². The minimum atomic E-state index is -0.249. The van der Waals surface area contributed by atoms with Crippen LogP contribution in [0, 0.1) is 0 Å². The molecule has 2 heterocycles. The predicted octanol–water partition coefficient (Wildman–Crippen LogP) is 2.72. The van der Waals surface area contributed by atoms with E-state index in [1.807, 2.05) is 0 Å². The SMILES string of the molecule is O=C(Nc1ccnc(Cl)c1)c1ccc2c(c1)OCO2. The number of carbonyl (C=O) groups is 1. The van der Waals surface area contributed by atoms with Crippen molar-refractivity contribution < 1.29 is 14.3 Å². The van der Waals surface area contributed by atoms with Crippen LogP contribution in [-0.4, -0.2) is 17.7 Å². The maximum Gasteiger partial charge on any atom is 0.255 e. The number of amides is 1. The highest BCUT2D eigenvalue weighted by Crippen LogP contribution is 2.32. The Morgan fingerprint density at radius 1 is 1.21 bits per heavy atom. The average Bonchev–Trinajstić information content (AvgIpc) is 2.85. The van der Waals surface area contributed by atoms with E-state index < -0.39 is 0 Å². The van der Waals surface area contributed by atoms with Gasteiger partial charge < -0.3 is 14.8 Å². The quantitative estimate of drug-likeness (QED) is 0.857. The van der Waals surface area contributed by atoms with Crippen molar-refractivity contribution in [1.82, 2.24) is 4.98 Å². The molecule has 1 amide bonds. The third-order valence-corrected chi connectivity index (χ3v) is 2.83. The van der Waals surface area contributed by atoms with Gasteiger partial charge in [-0.1, -0.05) is 11.6 Å². The number of halogens is 1. The zero-order chi connectivity index (χ0) is 13.2. The number of nitrogens with zero attached hydrogens (tertiary/aromatic N) is 1. The smallest absolute Gasteiger partial charge is 0.255 e. The van der Waals surface area contributed by atoms with E-state index in [1.165, 1.54) is 6.20 Å². The van der Waals surface area contributed by atoms with Crippen LogP contribution in [-0.2, 0) is 0 Å². The van der Waals surface area contributed by atoms with Crippen LogP contribution in [0.15, 0.2) is 36.5 Å². The van der Waals surface area contributed by atoms with Crippen LogP contribution in [0.4, 0.5) is 5.69 Å². The molecule has 0 saturated carbocycles. The van der Waals surface area contributed by atoms with Crippen LogP contribution < -0.4 is 14.8 Å². The number of rotatable bonds is 2. The molecule has 0 bridgehead atoms. The number of anilines is 1. The average molecular weight is 277 g/mol. The van der Waals surface area contributed by atoms with Crippen molar-refractivity contribution in [3.05, 3.63) is 47.2 Å². The van der Waals surface area contributed by atoms with Crippen LogP contribution in [0.2, 0.25) is 5.15 Å². The highest BCUT2D eigenvalue weighted by molar-refractivity contribution is 6.29. The normalized spacial score (nSPS) is 12.3. The van der Waals surface area contributed by atoms with Gasteiger partial charge in [-0.05, 0) is 30.3 Å². The zero-order valence-corrected chi connectivity index (χ0v) is 10.5. The first-order valence-electron chi connectivity index (χ1n) is 5.55. The monoisotopic (exact) mass is 276 g/mol. The Labute approximate surface area is 114 Å². The Morgan fingerprint density at radius 3 is 2.89 bits per heavy atom. The van der Waals surface area contributed by atoms with Gasteiger partial charge in [-0.2, -0.15) is 0 Å². The van der Waals surface area contributed by atoms with Gasteiger partial charge >= 0.3 is 0 Å². The van der Waals surface area contributed by atoms with Crippen LogP contribution in [0.25, 0.3) is 0 Å². The lowest BCUT2D eigenvalue weighted by Crippen LogP contribution is -2.11. The molecule has 0 spiro atoms. The molecule has 0 aliphatic carbocycles. The van der Waals surface area contributed by atoms with Gasteiger partial charge in [0.15, 0.2) is 11.5 Å². The molecule has 0 atom stereocenters. The summed E-state index contributed by atoms with van der Waals surface area (Å²) < 4.78 is 10.4. The molecule has 1 aromatic heterocycles. The minimum absolute atomic E-state index is 0.181. The van der Waals surface area contributed by atoms with Crippen molar-refractivity contribution in [3.63, 3.8) is 0 Å². The lowest BCUT2D eigenvalue weighted by molar-refractivity contribution is 0.102. The van der Waals surface area contributed by atoms with Crippen molar-refractivity contribution in [2.75, 3.05) is 12.1 Å². The van der Waals surface area contributed by atoms with E-state index in [0.29, 0.717) is 27.9 Å². The first-order valence-corrected chi connectivity index (χ1v) is 5.93. The van der Waals surface area contributed by atoms with Gasteiger partial charge in [-0.25, -0.2) is 4.98 Å². The highest BCUT2D eigenvalue weighted by atomic mass is 35.5. The third-order valence-electron chi connectivity index (χ3n) is 2.62. The maximum atomic E-state index is 12.1. The van der Waals surface area contributed by atoms with Crippen molar-refractivity contribution in [2.45, 2.75) is 0 Å². The summed E-state index contributed by atoms with van der Waals surface area (Å²) in [5.74, 6) is 0.962. The summed E-state index contributed by atoms with van der Waals surface area (Å²) in [4.78, 5) is 15.9. The van der Waals surface area contributed by atoms with Crippen molar-refractivity contribution in [3.8, 4) is 11.5 Å². The molecule has 0 saturated heterocycles. The number of nitrogens with one attached hydrogen (secondary N) is 1. The van der Waals surface area contributed by atoms with E-state index in [4.69, 9.17) is 21.1 Å². The number of ether oxygens (including phenoxy) is 2. The predicted molar refractivity (Wildman–Crippen MR) is 69.8 cm³/mol. The van der Waals surface area contributed by atoms with Crippen molar-refractivity contribution in [1.29, 1.82) is 0 Å². The van der Waals surface area contributed by atoms with Crippen LogP contribution in [0.3, 0.4) is 0 Å². The number of hydrogen-bond donors (Lipinski definition) is 1. The Hall–Kier alpha value is -2.27. The molecule has 96 valence electrons. The fourth-order valence-electron chi connectivity index (χ4n) is 1.72. The van der Waals surface area contributed by atoms with Gasteiger partial charge in [0.2, 0.25) is 6.79 Å². The van der Waals surface area contributed by atoms with E-state index in [0.717, 1.165) is 0 Å². The van der Waals surface area contributed by atoms with Crippen molar-refractivity contribution in [2.24, 2.45) is 0 Å². The molecule has 19 heavy (non-hydrogen) atoms. The second kappa shape index (κ2) is 4.78. The molecule has 6 heteroatoms. The largest absolute Gasteiger partial charge is 0.454 e. The summed E-state index contributed by atoms with van der Waals surface area (Å²) in [6.07, 6.45) is 1.53. The molecule has 1 aliphatic rings. The Morgan fingerprint density at radius 2 is 2.05 bits per heavy atom. The zero-order valence-electron chi connectivity index (χ0n) is 9.72. The molecule has 0 fully saturated rings. The fourth-order valence-corrected chi connectivity index (χ4v) is 1.90. The molecule has 2 aromatic rings.